The van der Waals surface area contributed by atoms with Gasteiger partial charge in [0.05, 0.1) is 5.92 Å². The molecule has 0 aliphatic carbocycles. The van der Waals surface area contributed by atoms with Crippen LogP contribution in [0.4, 0.5) is 14.5 Å². The molecule has 2 N–H and O–H groups in total. The van der Waals surface area contributed by atoms with E-state index in [1.54, 1.807) is 6.92 Å². The van der Waals surface area contributed by atoms with Gasteiger partial charge >= 0.3 is 0 Å². The molecular formula is C11H11F2N3O. The summed E-state index contributed by atoms with van der Waals surface area (Å²) < 4.78 is 26.3. The van der Waals surface area contributed by atoms with Gasteiger partial charge in [-0.25, -0.2) is 8.78 Å². The van der Waals surface area contributed by atoms with Crippen LogP contribution < -0.4 is 10.7 Å². The largest absolute Gasteiger partial charge is 0.329 e. The Morgan fingerprint density at radius 3 is 2.71 bits per heavy atom. The van der Waals surface area contributed by atoms with Crippen molar-refractivity contribution in [3.05, 3.63) is 29.8 Å². The van der Waals surface area contributed by atoms with Crippen molar-refractivity contribution in [2.45, 2.75) is 6.92 Å². The van der Waals surface area contributed by atoms with Crippen molar-refractivity contribution in [3.8, 4) is 0 Å². The molecule has 0 bridgehead atoms. The molecule has 6 heteroatoms. The normalized spacial score (nSPS) is 19.8. The first-order valence-corrected chi connectivity index (χ1v) is 5.08. The quantitative estimate of drug-likeness (QED) is 0.844. The molecule has 1 aromatic carbocycles. The van der Waals surface area contributed by atoms with Crippen LogP contribution in [0.2, 0.25) is 0 Å². The molecule has 1 aliphatic rings. The van der Waals surface area contributed by atoms with Gasteiger partial charge in [-0.05, 0) is 19.1 Å². The minimum Gasteiger partial charge on any atom is -0.329 e. The summed E-state index contributed by atoms with van der Waals surface area (Å²) in [6.45, 7) is 1.77. The third-order valence-electron chi connectivity index (χ3n) is 2.64. The van der Waals surface area contributed by atoms with E-state index < -0.39 is 23.5 Å². The molecule has 0 saturated carbocycles. The van der Waals surface area contributed by atoms with Gasteiger partial charge in [-0.3, -0.25) is 4.79 Å². The summed E-state index contributed by atoms with van der Waals surface area (Å²) in [5.41, 5.74) is 5.90. The lowest BCUT2D eigenvalue weighted by molar-refractivity contribution is -0.119. The van der Waals surface area contributed by atoms with Crippen LogP contribution in [-0.4, -0.2) is 18.2 Å². The molecule has 1 atom stereocenters. The standard InChI is InChI=1S/C11H11F2N3O/c1-6-8(5-14)11(17)16(15-6)10-3-2-7(12)4-9(10)13/h2-4,8H,5,14H2,1H3. The second-order valence-electron chi connectivity index (χ2n) is 3.78. The van der Waals surface area contributed by atoms with E-state index in [-0.39, 0.29) is 12.2 Å². The predicted octanol–water partition coefficient (Wildman–Crippen LogP) is 1.26. The maximum atomic E-state index is 13.5. The van der Waals surface area contributed by atoms with E-state index in [0.717, 1.165) is 11.1 Å². The van der Waals surface area contributed by atoms with E-state index in [2.05, 4.69) is 5.10 Å². The Bertz CT molecular complexity index is 501. The first-order valence-electron chi connectivity index (χ1n) is 5.08. The van der Waals surface area contributed by atoms with Crippen LogP contribution in [0.25, 0.3) is 0 Å². The SMILES string of the molecule is CC1=NN(c2ccc(F)cc2F)C(=O)C1CN. The number of nitrogens with two attached hydrogens (primary N) is 1. The fourth-order valence-corrected chi connectivity index (χ4v) is 1.70. The van der Waals surface area contributed by atoms with E-state index in [0.29, 0.717) is 11.8 Å². The van der Waals surface area contributed by atoms with Crippen LogP contribution in [0.5, 0.6) is 0 Å². The number of anilines is 1. The number of benzene rings is 1. The Morgan fingerprint density at radius 1 is 1.47 bits per heavy atom. The maximum absolute atomic E-state index is 13.5. The lowest BCUT2D eigenvalue weighted by Crippen LogP contribution is -2.32. The molecule has 1 aliphatic heterocycles. The van der Waals surface area contributed by atoms with Crippen LogP contribution >= 0.6 is 0 Å². The predicted molar refractivity (Wildman–Crippen MR) is 59.5 cm³/mol. The lowest BCUT2D eigenvalue weighted by atomic mass is 10.1. The Morgan fingerprint density at radius 2 is 2.18 bits per heavy atom. The van der Waals surface area contributed by atoms with Crippen molar-refractivity contribution in [1.29, 1.82) is 0 Å². The molecule has 2 rings (SSSR count). The second kappa shape index (κ2) is 4.21. The zero-order chi connectivity index (χ0) is 12.6. The Labute approximate surface area is 96.7 Å². The van der Waals surface area contributed by atoms with Gasteiger partial charge in [0.1, 0.15) is 11.5 Å². The van der Waals surface area contributed by atoms with Gasteiger partial charge in [0.15, 0.2) is 5.82 Å². The molecule has 0 aromatic heterocycles. The van der Waals surface area contributed by atoms with Crippen molar-refractivity contribution in [2.24, 2.45) is 16.8 Å². The van der Waals surface area contributed by atoms with Crippen molar-refractivity contribution >= 4 is 17.3 Å². The van der Waals surface area contributed by atoms with E-state index in [1.807, 2.05) is 0 Å². The van der Waals surface area contributed by atoms with Gasteiger partial charge in [0.2, 0.25) is 0 Å². The number of hydrogen-bond donors (Lipinski definition) is 1. The van der Waals surface area contributed by atoms with Crippen LogP contribution in [-0.2, 0) is 4.79 Å². The molecule has 90 valence electrons. The number of halogens is 2. The Balaban J connectivity index is 2.39. The van der Waals surface area contributed by atoms with Crippen LogP contribution in [0.15, 0.2) is 23.3 Å². The summed E-state index contributed by atoms with van der Waals surface area (Å²) in [6, 6.07) is 2.97. The summed E-state index contributed by atoms with van der Waals surface area (Å²) >= 11 is 0. The fourth-order valence-electron chi connectivity index (χ4n) is 1.70. The Kier molecular flexibility index (Phi) is 2.89. The van der Waals surface area contributed by atoms with Crippen molar-refractivity contribution in [1.82, 2.24) is 0 Å². The number of nitrogens with zero attached hydrogens (tertiary/aromatic N) is 2. The minimum absolute atomic E-state index is 0.0632. The molecule has 4 nitrogen and oxygen atoms in total. The first-order chi connectivity index (χ1) is 8.04. The molecule has 0 fully saturated rings. The topological polar surface area (TPSA) is 58.7 Å². The average molecular weight is 239 g/mol. The highest BCUT2D eigenvalue weighted by Gasteiger charge is 2.34. The van der Waals surface area contributed by atoms with Gasteiger partial charge in [-0.2, -0.15) is 10.1 Å². The van der Waals surface area contributed by atoms with Gasteiger partial charge in [0, 0.05) is 18.3 Å². The average Bonchev–Trinajstić information content (AvgIpc) is 2.54. The fraction of sp³-hybridized carbons (Fsp3) is 0.273. The van der Waals surface area contributed by atoms with Crippen molar-refractivity contribution in [2.75, 3.05) is 11.6 Å². The summed E-state index contributed by atoms with van der Waals surface area (Å²) in [4.78, 5) is 11.9. The second-order valence-corrected chi connectivity index (χ2v) is 3.78. The molecule has 0 radical (unpaired) electrons. The number of hydrazone groups is 1. The first kappa shape index (κ1) is 11.7. The number of hydrogen-bond acceptors (Lipinski definition) is 3. The third-order valence-corrected chi connectivity index (χ3v) is 2.64. The highest BCUT2D eigenvalue weighted by molar-refractivity contribution is 6.14. The number of rotatable bonds is 2. The van der Waals surface area contributed by atoms with E-state index >= 15 is 0 Å². The molecule has 0 saturated heterocycles. The molecule has 1 heterocycles. The summed E-state index contributed by atoms with van der Waals surface area (Å²) in [6.07, 6.45) is 0. The summed E-state index contributed by atoms with van der Waals surface area (Å²) in [7, 11) is 0. The zero-order valence-corrected chi connectivity index (χ0v) is 9.15. The summed E-state index contributed by atoms with van der Waals surface area (Å²) in [5.74, 6) is -2.45. The maximum Gasteiger partial charge on any atom is 0.257 e. The smallest absolute Gasteiger partial charge is 0.257 e. The van der Waals surface area contributed by atoms with E-state index in [1.165, 1.54) is 6.07 Å². The minimum atomic E-state index is -0.826. The number of carbonyl (C=O) groups is 1. The zero-order valence-electron chi connectivity index (χ0n) is 9.15. The van der Waals surface area contributed by atoms with Gasteiger partial charge < -0.3 is 5.73 Å². The van der Waals surface area contributed by atoms with E-state index in [4.69, 9.17) is 5.73 Å². The van der Waals surface area contributed by atoms with Crippen LogP contribution in [0, 0.1) is 17.6 Å². The third kappa shape index (κ3) is 1.91. The molecule has 1 unspecified atom stereocenters. The monoisotopic (exact) mass is 239 g/mol. The van der Waals surface area contributed by atoms with Gasteiger partial charge in [-0.1, -0.05) is 0 Å². The van der Waals surface area contributed by atoms with Crippen LogP contribution in [0.1, 0.15) is 6.92 Å². The highest BCUT2D eigenvalue weighted by atomic mass is 19.1. The molecular weight excluding hydrogens is 228 g/mol. The Hall–Kier alpha value is -1.82. The van der Waals surface area contributed by atoms with Crippen molar-refractivity contribution < 1.29 is 13.6 Å². The number of carbonyl (C=O) groups excluding carboxylic acids is 1. The van der Waals surface area contributed by atoms with E-state index in [9.17, 15) is 13.6 Å². The molecule has 0 spiro atoms. The summed E-state index contributed by atoms with van der Waals surface area (Å²) in [5, 5.41) is 4.87. The van der Waals surface area contributed by atoms with Crippen molar-refractivity contribution in [3.63, 3.8) is 0 Å². The lowest BCUT2D eigenvalue weighted by Gasteiger charge is -2.14. The number of amides is 1. The molecule has 17 heavy (non-hydrogen) atoms. The highest BCUT2D eigenvalue weighted by Crippen LogP contribution is 2.26. The van der Waals surface area contributed by atoms with Gasteiger partial charge in [0.25, 0.3) is 5.91 Å². The van der Waals surface area contributed by atoms with Gasteiger partial charge in [-0.15, -0.1) is 0 Å². The van der Waals surface area contributed by atoms with Crippen LogP contribution in [0.3, 0.4) is 0 Å². The molecule has 1 aromatic rings. The molecule has 1 amide bonds.